The van der Waals surface area contributed by atoms with Crippen molar-refractivity contribution >= 4 is 23.9 Å². The maximum atomic E-state index is 11.0. The highest BCUT2D eigenvalue weighted by Crippen LogP contribution is 2.35. The van der Waals surface area contributed by atoms with Gasteiger partial charge in [-0.2, -0.15) is 0 Å². The molecule has 36 heavy (non-hydrogen) atoms. The molecule has 0 aromatic carbocycles. The van der Waals surface area contributed by atoms with Gasteiger partial charge < -0.3 is 18.9 Å². The summed E-state index contributed by atoms with van der Waals surface area (Å²) in [6.07, 6.45) is 21.6. The zero-order chi connectivity index (χ0) is 23.6. The molecule has 0 N–H and O–H groups in total. The van der Waals surface area contributed by atoms with Crippen LogP contribution in [0.5, 0.6) is 0 Å². The molecule has 1 atom stereocenters. The Labute approximate surface area is 220 Å². The molecule has 11 heterocycles. The average Bonchev–Trinajstić information content (AvgIpc) is 3.67. The highest BCUT2D eigenvalue weighted by Gasteiger charge is 2.35. The molecule has 7 fully saturated rings. The number of ketones is 1. The van der Waals surface area contributed by atoms with Crippen LogP contribution in [0.4, 0.5) is 0 Å². The third kappa shape index (κ3) is 5.55. The molecule has 0 radical (unpaired) electrons. The molecule has 9 heteroatoms. The number of rotatable bonds is 2. The van der Waals surface area contributed by atoms with Crippen LogP contribution >= 0.6 is 12.4 Å². The summed E-state index contributed by atoms with van der Waals surface area (Å²) in [5, 5.41) is 0. The van der Waals surface area contributed by atoms with E-state index in [2.05, 4.69) is 46.2 Å². The van der Waals surface area contributed by atoms with Crippen molar-refractivity contribution in [1.29, 1.82) is 0 Å². The van der Waals surface area contributed by atoms with Gasteiger partial charge in [-0.05, 0) is 70.6 Å². The molecule has 2 aromatic rings. The Kier molecular flexibility index (Phi) is 8.13. The fourth-order valence-electron chi connectivity index (χ4n) is 6.81. The van der Waals surface area contributed by atoms with Gasteiger partial charge >= 0.3 is 0 Å². The van der Waals surface area contributed by atoms with E-state index in [1.807, 2.05) is 31.2 Å². The summed E-state index contributed by atoms with van der Waals surface area (Å²) in [5.74, 6) is 2.58. The molecule has 7 saturated heterocycles. The first-order valence-electron chi connectivity index (χ1n) is 13.6. The second-order valence-corrected chi connectivity index (χ2v) is 11.1. The number of imidazole rings is 2. The molecular weight excluding hydrogens is 474 g/mol. The number of hydrogen-bond donors (Lipinski definition) is 0. The Morgan fingerprint density at radius 2 is 1.42 bits per heavy atom. The molecule has 0 amide bonds. The Bertz CT molecular complexity index is 984. The zero-order valence-corrected chi connectivity index (χ0v) is 22.0. The Balaban J connectivity index is 0.000000112. The van der Waals surface area contributed by atoms with Gasteiger partial charge in [0.25, 0.3) is 0 Å². The number of allylic oxidation sites excluding steroid dienone is 1. The van der Waals surface area contributed by atoms with E-state index in [0.29, 0.717) is 17.7 Å². The molecule has 1 unspecified atom stereocenters. The molecule has 9 aliphatic rings. The minimum Gasteiger partial charge on any atom is -0.376 e. The van der Waals surface area contributed by atoms with Gasteiger partial charge in [0.2, 0.25) is 0 Å². The molecule has 0 spiro atoms. The van der Waals surface area contributed by atoms with Crippen molar-refractivity contribution in [3.8, 4) is 0 Å². The summed E-state index contributed by atoms with van der Waals surface area (Å²) in [7, 11) is 0. The maximum absolute atomic E-state index is 11.0. The van der Waals surface area contributed by atoms with E-state index < -0.39 is 0 Å². The van der Waals surface area contributed by atoms with E-state index >= 15 is 0 Å². The van der Waals surface area contributed by atoms with Gasteiger partial charge in [0.05, 0.1) is 25.2 Å². The SMILES string of the molecule is C1=C(n2ccnc2)C2CCN1CC2.Cl.O=C1CN2CCC1CC2.c1cn(C2CN3CCC2CC3)cn1. The second-order valence-electron chi connectivity index (χ2n) is 11.1. The predicted molar refractivity (Wildman–Crippen MR) is 143 cm³/mol. The quantitative estimate of drug-likeness (QED) is 0.614. The third-order valence-corrected chi connectivity index (χ3v) is 9.02. The molecule has 8 nitrogen and oxygen atoms in total. The molecular formula is C27H40ClN7O. The summed E-state index contributed by atoms with van der Waals surface area (Å²) in [6.45, 7) is 9.41. The van der Waals surface area contributed by atoms with Crippen LogP contribution in [0.1, 0.15) is 44.6 Å². The molecule has 196 valence electrons. The first kappa shape index (κ1) is 25.5. The number of hydrogen-bond acceptors (Lipinski definition) is 6. The standard InChI is InChI=1S/C10H15N3.C10H13N3.C7H11NO.ClH/c2*1-4-12-5-2-9(1)10(7-12)13-6-3-11-8-13;9-7-5-8-3-1-6(7)2-4-8;/h3,6,8-10H,1-2,4-5,7H2;3,6-9H,1-2,4-5H2;6H,1-5H2;1H. The molecule has 6 bridgehead atoms. The van der Waals surface area contributed by atoms with Gasteiger partial charge in [0.15, 0.2) is 0 Å². The maximum Gasteiger partial charge on any atom is 0.149 e. The number of carbonyl (C=O) groups excluding carboxylic acids is 1. The summed E-state index contributed by atoms with van der Waals surface area (Å²) in [6, 6.07) is 0.699. The van der Waals surface area contributed by atoms with Crippen LogP contribution in [-0.4, -0.2) is 91.9 Å². The monoisotopic (exact) mass is 513 g/mol. The van der Waals surface area contributed by atoms with E-state index in [1.54, 1.807) is 0 Å². The van der Waals surface area contributed by atoms with Crippen molar-refractivity contribution in [2.75, 3.05) is 52.4 Å². The van der Waals surface area contributed by atoms with Gasteiger partial charge in [0, 0.05) is 68.2 Å². The van der Waals surface area contributed by atoms with Crippen LogP contribution in [0.25, 0.3) is 5.70 Å². The highest BCUT2D eigenvalue weighted by molar-refractivity contribution is 5.85. The average molecular weight is 514 g/mol. The number of Topliss-reactive ketones (excluding diaryl/α,β-unsaturated/α-hetero) is 1. The van der Waals surface area contributed by atoms with Crippen LogP contribution in [0, 0.1) is 17.8 Å². The molecule has 11 rings (SSSR count). The van der Waals surface area contributed by atoms with Crippen molar-refractivity contribution in [3.05, 3.63) is 43.6 Å². The van der Waals surface area contributed by atoms with Crippen LogP contribution in [-0.2, 0) is 4.79 Å². The largest absolute Gasteiger partial charge is 0.376 e. The topological polar surface area (TPSA) is 62.4 Å². The molecule has 2 aromatic heterocycles. The fourth-order valence-corrected chi connectivity index (χ4v) is 6.81. The lowest BCUT2D eigenvalue weighted by Gasteiger charge is -2.45. The number of carbonyl (C=O) groups is 1. The number of aromatic nitrogens is 4. The molecule has 0 aliphatic carbocycles. The lowest BCUT2D eigenvalue weighted by molar-refractivity contribution is -0.130. The van der Waals surface area contributed by atoms with Gasteiger partial charge in [-0.3, -0.25) is 9.69 Å². The second kappa shape index (κ2) is 11.5. The van der Waals surface area contributed by atoms with Crippen molar-refractivity contribution in [1.82, 2.24) is 33.8 Å². The van der Waals surface area contributed by atoms with Crippen molar-refractivity contribution in [2.45, 2.75) is 44.6 Å². The van der Waals surface area contributed by atoms with Crippen LogP contribution in [0.3, 0.4) is 0 Å². The van der Waals surface area contributed by atoms with Gasteiger partial charge in [-0.25, -0.2) is 9.97 Å². The van der Waals surface area contributed by atoms with E-state index in [4.69, 9.17) is 0 Å². The fraction of sp³-hybridized carbons (Fsp3) is 0.667. The number of halogens is 1. The Hall–Kier alpha value is -2.16. The molecule has 9 aliphatic heterocycles. The predicted octanol–water partition coefficient (Wildman–Crippen LogP) is 3.26. The highest BCUT2D eigenvalue weighted by atomic mass is 35.5. The first-order chi connectivity index (χ1) is 17.2. The summed E-state index contributed by atoms with van der Waals surface area (Å²) in [4.78, 5) is 26.5. The van der Waals surface area contributed by atoms with Crippen LogP contribution in [0.2, 0.25) is 0 Å². The van der Waals surface area contributed by atoms with Crippen LogP contribution in [0.15, 0.2) is 43.6 Å². The minimum atomic E-state index is 0. The smallest absolute Gasteiger partial charge is 0.149 e. The van der Waals surface area contributed by atoms with E-state index in [1.165, 1.54) is 64.1 Å². The minimum absolute atomic E-state index is 0. The van der Waals surface area contributed by atoms with Gasteiger partial charge in [-0.15, -0.1) is 12.4 Å². The number of fused-ring (bicyclic) bond motifs is 8. The normalized spacial score (nSPS) is 32.1. The van der Waals surface area contributed by atoms with Gasteiger partial charge in [-0.1, -0.05) is 0 Å². The van der Waals surface area contributed by atoms with E-state index in [-0.39, 0.29) is 12.4 Å². The van der Waals surface area contributed by atoms with Crippen molar-refractivity contribution in [2.24, 2.45) is 17.8 Å². The van der Waals surface area contributed by atoms with E-state index in [0.717, 1.165) is 44.3 Å². The summed E-state index contributed by atoms with van der Waals surface area (Å²) < 4.78 is 4.44. The van der Waals surface area contributed by atoms with Crippen molar-refractivity contribution < 1.29 is 4.79 Å². The van der Waals surface area contributed by atoms with Crippen LogP contribution < -0.4 is 0 Å². The van der Waals surface area contributed by atoms with E-state index in [9.17, 15) is 4.79 Å². The molecule has 0 saturated carbocycles. The van der Waals surface area contributed by atoms with Gasteiger partial charge in [0.1, 0.15) is 5.78 Å². The number of piperidine rings is 7. The van der Waals surface area contributed by atoms with Crippen molar-refractivity contribution in [3.63, 3.8) is 0 Å². The lowest BCUT2D eigenvalue weighted by atomic mass is 9.84. The zero-order valence-electron chi connectivity index (χ0n) is 21.2. The Morgan fingerprint density at radius 3 is 1.86 bits per heavy atom. The summed E-state index contributed by atoms with van der Waals surface area (Å²) in [5.41, 5.74) is 1.43. The third-order valence-electron chi connectivity index (χ3n) is 9.02. The summed E-state index contributed by atoms with van der Waals surface area (Å²) >= 11 is 0. The Morgan fingerprint density at radius 1 is 0.750 bits per heavy atom. The lowest BCUT2D eigenvalue weighted by Crippen LogP contribution is -2.47. The number of nitrogens with zero attached hydrogens (tertiary/aromatic N) is 7. The first-order valence-corrected chi connectivity index (χ1v) is 13.6.